The summed E-state index contributed by atoms with van der Waals surface area (Å²) in [5.41, 5.74) is 1.31. The van der Waals surface area contributed by atoms with Gasteiger partial charge >= 0.3 is 0 Å². The SMILES string of the molecule is Cc1cc(NC(=O)c2sc(C)nc2C)n(C2=NC(=O)C3C=NN(C)C3=N2)n1. The van der Waals surface area contributed by atoms with Gasteiger partial charge < -0.3 is 5.32 Å². The van der Waals surface area contributed by atoms with E-state index in [0.717, 1.165) is 5.01 Å². The molecular formula is C16H16N8O2S. The first-order chi connectivity index (χ1) is 12.8. The van der Waals surface area contributed by atoms with E-state index in [9.17, 15) is 9.59 Å². The average Bonchev–Trinajstić information content (AvgIpc) is 3.25. The van der Waals surface area contributed by atoms with Gasteiger partial charge in [0, 0.05) is 19.3 Å². The van der Waals surface area contributed by atoms with Crippen molar-refractivity contribution in [1.29, 1.82) is 0 Å². The zero-order valence-electron chi connectivity index (χ0n) is 15.1. The lowest BCUT2D eigenvalue weighted by Crippen LogP contribution is -2.35. The predicted molar refractivity (Wildman–Crippen MR) is 102 cm³/mol. The highest BCUT2D eigenvalue weighted by molar-refractivity contribution is 7.13. The minimum atomic E-state index is -0.573. The molecule has 0 saturated carbocycles. The van der Waals surface area contributed by atoms with E-state index in [0.29, 0.717) is 27.9 Å². The third-order valence-corrected chi connectivity index (χ3v) is 5.13. The average molecular weight is 384 g/mol. The molecule has 0 aromatic carbocycles. The summed E-state index contributed by atoms with van der Waals surface area (Å²) in [4.78, 5) is 38.2. The molecule has 1 N–H and O–H groups in total. The van der Waals surface area contributed by atoms with Gasteiger partial charge in [-0.25, -0.2) is 4.98 Å². The van der Waals surface area contributed by atoms with Crippen LogP contribution in [0.25, 0.3) is 0 Å². The standard InChI is InChI=1S/C16H16N8O2S/c1-7-5-11(19-15(26)12-8(2)18-9(3)27-12)24(22-7)16-20-13-10(14(25)21-16)6-17-23(13)4/h5-6,10H,1-4H3,(H,19,26). The number of thiazole rings is 1. The van der Waals surface area contributed by atoms with Crippen LogP contribution in [0, 0.1) is 26.7 Å². The number of aryl methyl sites for hydroxylation is 3. The van der Waals surface area contributed by atoms with E-state index in [1.807, 2.05) is 6.92 Å². The van der Waals surface area contributed by atoms with Crippen LogP contribution in [0.5, 0.6) is 0 Å². The summed E-state index contributed by atoms with van der Waals surface area (Å²) < 4.78 is 1.35. The Morgan fingerprint density at radius 3 is 2.74 bits per heavy atom. The Bertz CT molecular complexity index is 1060. The second-order valence-electron chi connectivity index (χ2n) is 6.17. The lowest BCUT2D eigenvalue weighted by molar-refractivity contribution is -0.118. The molecule has 0 aliphatic carbocycles. The van der Waals surface area contributed by atoms with Gasteiger partial charge in [0.05, 0.1) is 16.4 Å². The molecule has 0 spiro atoms. The number of nitrogens with zero attached hydrogens (tertiary/aromatic N) is 7. The summed E-state index contributed by atoms with van der Waals surface area (Å²) in [5.74, 6) is -0.306. The fraction of sp³-hybridized carbons (Fsp3) is 0.312. The molecule has 27 heavy (non-hydrogen) atoms. The Hall–Kier alpha value is -3.21. The van der Waals surface area contributed by atoms with Crippen molar-refractivity contribution in [3.05, 3.63) is 27.3 Å². The first-order valence-electron chi connectivity index (χ1n) is 8.15. The van der Waals surface area contributed by atoms with Gasteiger partial charge in [0.15, 0.2) is 0 Å². The minimum absolute atomic E-state index is 0.0872. The fourth-order valence-electron chi connectivity index (χ4n) is 2.86. The molecule has 2 aliphatic rings. The molecule has 0 fully saturated rings. The molecule has 10 nitrogen and oxygen atoms in total. The van der Waals surface area contributed by atoms with Gasteiger partial charge in [-0.1, -0.05) is 0 Å². The highest BCUT2D eigenvalue weighted by atomic mass is 32.1. The van der Waals surface area contributed by atoms with Crippen LogP contribution >= 0.6 is 11.3 Å². The van der Waals surface area contributed by atoms with Crippen molar-refractivity contribution in [2.45, 2.75) is 20.8 Å². The molecule has 4 rings (SSSR count). The number of aromatic nitrogens is 3. The Balaban J connectivity index is 1.68. The van der Waals surface area contributed by atoms with Gasteiger partial charge in [0.25, 0.3) is 17.8 Å². The lowest BCUT2D eigenvalue weighted by Gasteiger charge is -2.17. The van der Waals surface area contributed by atoms with Gasteiger partial charge in [-0.15, -0.1) is 11.3 Å². The maximum Gasteiger partial charge on any atom is 0.268 e. The van der Waals surface area contributed by atoms with E-state index in [2.05, 4.69) is 30.5 Å². The van der Waals surface area contributed by atoms with Crippen molar-refractivity contribution in [3.63, 3.8) is 0 Å². The van der Waals surface area contributed by atoms with E-state index >= 15 is 0 Å². The number of nitrogens with one attached hydrogen (secondary N) is 1. The Morgan fingerprint density at radius 1 is 1.26 bits per heavy atom. The molecular weight excluding hydrogens is 368 g/mol. The Labute approximate surface area is 158 Å². The molecule has 0 bridgehead atoms. The van der Waals surface area contributed by atoms with E-state index in [1.54, 1.807) is 27.0 Å². The number of aliphatic imine (C=N–C) groups is 2. The van der Waals surface area contributed by atoms with Gasteiger partial charge in [-0.05, 0) is 20.8 Å². The van der Waals surface area contributed by atoms with Gasteiger partial charge in [-0.2, -0.15) is 24.9 Å². The van der Waals surface area contributed by atoms with Crippen molar-refractivity contribution in [2.24, 2.45) is 21.0 Å². The molecule has 0 saturated heterocycles. The zero-order chi connectivity index (χ0) is 19.3. The number of hydrazone groups is 1. The summed E-state index contributed by atoms with van der Waals surface area (Å²) in [6.45, 7) is 5.41. The van der Waals surface area contributed by atoms with E-state index in [-0.39, 0.29) is 17.8 Å². The second kappa shape index (κ2) is 6.20. The van der Waals surface area contributed by atoms with Crippen LogP contribution in [-0.4, -0.2) is 56.6 Å². The Morgan fingerprint density at radius 2 is 2.04 bits per heavy atom. The van der Waals surface area contributed by atoms with Crippen LogP contribution in [0.2, 0.25) is 0 Å². The van der Waals surface area contributed by atoms with Crippen LogP contribution in [0.4, 0.5) is 5.82 Å². The highest BCUT2D eigenvalue weighted by Crippen LogP contribution is 2.22. The predicted octanol–water partition coefficient (Wildman–Crippen LogP) is 1.21. The molecule has 2 aromatic heterocycles. The summed E-state index contributed by atoms with van der Waals surface area (Å²) in [7, 11) is 1.71. The molecule has 0 radical (unpaired) electrons. The highest BCUT2D eigenvalue weighted by Gasteiger charge is 2.35. The first kappa shape index (κ1) is 17.2. The molecule has 1 atom stereocenters. The number of fused-ring (bicyclic) bond motifs is 1. The zero-order valence-corrected chi connectivity index (χ0v) is 15.9. The number of anilines is 1. The van der Waals surface area contributed by atoms with Crippen LogP contribution < -0.4 is 5.32 Å². The summed E-state index contributed by atoms with van der Waals surface area (Å²) in [5, 5.41) is 13.5. The topological polar surface area (TPSA) is 117 Å². The van der Waals surface area contributed by atoms with Gasteiger partial charge in [-0.3, -0.25) is 14.6 Å². The number of hydrogen-bond donors (Lipinski definition) is 1. The number of hydrogen-bond acceptors (Lipinski definition) is 8. The normalized spacial score (nSPS) is 18.4. The molecule has 2 aromatic rings. The quantitative estimate of drug-likeness (QED) is 0.835. The van der Waals surface area contributed by atoms with Gasteiger partial charge in [0.1, 0.15) is 22.4 Å². The van der Waals surface area contributed by atoms with E-state index in [4.69, 9.17) is 0 Å². The molecule has 2 aliphatic heterocycles. The number of carbonyl (C=O) groups excluding carboxylic acids is 2. The molecule has 11 heteroatoms. The Kier molecular flexibility index (Phi) is 3.95. The molecule has 138 valence electrons. The molecule has 4 heterocycles. The van der Waals surface area contributed by atoms with Crippen molar-refractivity contribution >= 4 is 47.0 Å². The van der Waals surface area contributed by atoms with Crippen molar-refractivity contribution < 1.29 is 9.59 Å². The van der Waals surface area contributed by atoms with Crippen LogP contribution in [0.15, 0.2) is 21.2 Å². The van der Waals surface area contributed by atoms with Gasteiger partial charge in [0.2, 0.25) is 0 Å². The fourth-order valence-corrected chi connectivity index (χ4v) is 3.67. The molecule has 2 amide bonds. The number of carbonyl (C=O) groups is 2. The van der Waals surface area contributed by atoms with E-state index in [1.165, 1.54) is 27.2 Å². The summed E-state index contributed by atoms with van der Waals surface area (Å²) in [6, 6.07) is 1.69. The van der Waals surface area contributed by atoms with Crippen LogP contribution in [0.3, 0.4) is 0 Å². The van der Waals surface area contributed by atoms with E-state index < -0.39 is 5.92 Å². The number of amidine groups is 1. The number of rotatable bonds is 2. The van der Waals surface area contributed by atoms with Crippen molar-refractivity contribution in [3.8, 4) is 0 Å². The lowest BCUT2D eigenvalue weighted by atomic mass is 10.1. The summed E-state index contributed by atoms with van der Waals surface area (Å²) in [6.07, 6.45) is 1.51. The second-order valence-corrected chi connectivity index (χ2v) is 7.37. The van der Waals surface area contributed by atoms with Crippen molar-refractivity contribution in [1.82, 2.24) is 19.8 Å². The smallest absolute Gasteiger partial charge is 0.268 e. The van der Waals surface area contributed by atoms with Crippen LogP contribution in [0.1, 0.15) is 26.1 Å². The molecule has 1 unspecified atom stereocenters. The maximum absolute atomic E-state index is 12.6. The third kappa shape index (κ3) is 2.95. The monoisotopic (exact) mass is 384 g/mol. The van der Waals surface area contributed by atoms with Crippen LogP contribution in [-0.2, 0) is 4.79 Å². The number of amides is 2. The minimum Gasteiger partial charge on any atom is -0.306 e. The largest absolute Gasteiger partial charge is 0.306 e. The third-order valence-electron chi connectivity index (χ3n) is 4.06. The maximum atomic E-state index is 12.6. The first-order valence-corrected chi connectivity index (χ1v) is 8.96. The van der Waals surface area contributed by atoms with Crippen molar-refractivity contribution in [2.75, 3.05) is 12.4 Å². The summed E-state index contributed by atoms with van der Waals surface area (Å²) >= 11 is 1.32.